The summed E-state index contributed by atoms with van der Waals surface area (Å²) >= 11 is 3.23. The van der Waals surface area contributed by atoms with E-state index in [0.29, 0.717) is 11.6 Å². The topological polar surface area (TPSA) is 63.2 Å². The second-order valence-electron chi connectivity index (χ2n) is 4.35. The Balaban J connectivity index is 2.31. The fraction of sp³-hybridized carbons (Fsp3) is 0.143. The van der Waals surface area contributed by atoms with Crippen LogP contribution in [0.4, 0.5) is 30.4 Å². The lowest BCUT2D eigenvalue weighted by atomic mass is 10.2. The number of hydrogen-bond donors (Lipinski definition) is 2. The number of carbonyl (C=O) groups is 1. The summed E-state index contributed by atoms with van der Waals surface area (Å²) in [6.07, 6.45) is -3.46. The van der Waals surface area contributed by atoms with Crippen molar-refractivity contribution in [2.45, 2.75) is 6.18 Å². The number of hydrogen-bond acceptors (Lipinski definition) is 4. The Hall–Kier alpha value is -2.29. The van der Waals surface area contributed by atoms with Crippen LogP contribution in [-0.4, -0.2) is 24.2 Å². The summed E-state index contributed by atoms with van der Waals surface area (Å²) in [4.78, 5) is 15.2. The number of nitrogens with one attached hydrogen (secondary N) is 2. The van der Waals surface area contributed by atoms with Gasteiger partial charge in [-0.3, -0.25) is 4.79 Å². The number of anilines is 3. The molecule has 0 fully saturated rings. The molecular weight excluding hydrogens is 379 g/mol. The molecule has 0 saturated heterocycles. The van der Waals surface area contributed by atoms with Crippen LogP contribution < -0.4 is 15.4 Å². The number of ether oxygens (including phenoxy) is 1. The highest BCUT2D eigenvalue weighted by Gasteiger charge is 2.39. The minimum absolute atomic E-state index is 0.0728. The number of methoxy groups -OCH3 is 1. The van der Waals surface area contributed by atoms with E-state index in [9.17, 15) is 18.0 Å². The summed E-state index contributed by atoms with van der Waals surface area (Å²) in [6.45, 7) is 0. The maximum absolute atomic E-state index is 12.4. The van der Waals surface area contributed by atoms with Gasteiger partial charge in [-0.25, -0.2) is 4.98 Å². The van der Waals surface area contributed by atoms with Crippen LogP contribution >= 0.6 is 15.9 Å². The minimum Gasteiger partial charge on any atom is -0.497 e. The highest BCUT2D eigenvalue weighted by atomic mass is 79.9. The van der Waals surface area contributed by atoms with Gasteiger partial charge in [0.2, 0.25) is 0 Å². The SMILES string of the molecule is COc1ccc(Nc2ccc(Br)cn2)c(NC(=O)C(F)(F)F)c1. The molecule has 0 bridgehead atoms. The Labute approximate surface area is 138 Å². The lowest BCUT2D eigenvalue weighted by molar-refractivity contribution is -0.167. The third-order valence-electron chi connectivity index (χ3n) is 2.72. The molecule has 9 heteroatoms. The van der Waals surface area contributed by atoms with Crippen molar-refractivity contribution in [3.63, 3.8) is 0 Å². The second-order valence-corrected chi connectivity index (χ2v) is 5.27. The van der Waals surface area contributed by atoms with Crippen LogP contribution in [0.25, 0.3) is 0 Å². The molecule has 2 aromatic rings. The van der Waals surface area contributed by atoms with E-state index in [1.165, 1.54) is 25.4 Å². The molecule has 2 rings (SSSR count). The van der Waals surface area contributed by atoms with E-state index >= 15 is 0 Å². The first-order valence-electron chi connectivity index (χ1n) is 6.24. The Morgan fingerprint density at radius 1 is 1.22 bits per heavy atom. The zero-order chi connectivity index (χ0) is 17.0. The second kappa shape index (κ2) is 6.86. The van der Waals surface area contributed by atoms with E-state index in [0.717, 1.165) is 4.47 Å². The molecule has 23 heavy (non-hydrogen) atoms. The molecule has 0 atom stereocenters. The summed E-state index contributed by atoms with van der Waals surface area (Å²) in [5.74, 6) is -1.37. The fourth-order valence-electron chi connectivity index (χ4n) is 1.64. The summed E-state index contributed by atoms with van der Waals surface area (Å²) in [5.41, 5.74) is 0.176. The molecule has 0 radical (unpaired) electrons. The van der Waals surface area contributed by atoms with Gasteiger partial charge in [-0.15, -0.1) is 0 Å². The third kappa shape index (κ3) is 4.59. The maximum Gasteiger partial charge on any atom is 0.471 e. The number of nitrogens with zero attached hydrogens (tertiary/aromatic N) is 1. The molecule has 1 amide bonds. The van der Waals surface area contributed by atoms with Gasteiger partial charge in [-0.05, 0) is 40.2 Å². The molecule has 0 aliphatic heterocycles. The van der Waals surface area contributed by atoms with Crippen molar-refractivity contribution in [1.82, 2.24) is 4.98 Å². The number of alkyl halides is 3. The molecule has 0 unspecified atom stereocenters. The van der Waals surface area contributed by atoms with Gasteiger partial charge in [0.1, 0.15) is 11.6 Å². The zero-order valence-corrected chi connectivity index (χ0v) is 13.3. The smallest absolute Gasteiger partial charge is 0.471 e. The Morgan fingerprint density at radius 2 is 1.96 bits per heavy atom. The average Bonchev–Trinajstić information content (AvgIpc) is 2.50. The fourth-order valence-corrected chi connectivity index (χ4v) is 1.88. The van der Waals surface area contributed by atoms with Crippen LogP contribution in [0.3, 0.4) is 0 Å². The van der Waals surface area contributed by atoms with Crippen LogP contribution in [0, 0.1) is 0 Å². The number of aromatic nitrogens is 1. The van der Waals surface area contributed by atoms with Crippen LogP contribution in [0.15, 0.2) is 41.0 Å². The Kier molecular flexibility index (Phi) is 5.09. The summed E-state index contributed by atoms with van der Waals surface area (Å²) in [7, 11) is 1.37. The molecule has 0 saturated carbocycles. The van der Waals surface area contributed by atoms with Crippen molar-refractivity contribution < 1.29 is 22.7 Å². The van der Waals surface area contributed by atoms with Crippen molar-refractivity contribution in [1.29, 1.82) is 0 Å². The van der Waals surface area contributed by atoms with Gasteiger partial charge in [0, 0.05) is 16.7 Å². The predicted molar refractivity (Wildman–Crippen MR) is 82.9 cm³/mol. The van der Waals surface area contributed by atoms with E-state index in [1.807, 2.05) is 5.32 Å². The van der Waals surface area contributed by atoms with Gasteiger partial charge >= 0.3 is 12.1 Å². The molecule has 0 spiro atoms. The predicted octanol–water partition coefficient (Wildman–Crippen LogP) is 4.10. The summed E-state index contributed by atoms with van der Waals surface area (Å²) in [5, 5.41) is 4.65. The monoisotopic (exact) mass is 389 g/mol. The van der Waals surface area contributed by atoms with Crippen LogP contribution in [0.5, 0.6) is 5.75 Å². The van der Waals surface area contributed by atoms with E-state index in [4.69, 9.17) is 4.74 Å². The number of carbonyl (C=O) groups excluding carboxylic acids is 1. The number of rotatable bonds is 4. The maximum atomic E-state index is 12.4. The molecule has 2 N–H and O–H groups in total. The van der Waals surface area contributed by atoms with Gasteiger partial charge in [0.15, 0.2) is 0 Å². The normalized spacial score (nSPS) is 11.0. The van der Waals surface area contributed by atoms with Gasteiger partial charge in [0.25, 0.3) is 0 Å². The highest BCUT2D eigenvalue weighted by Crippen LogP contribution is 2.31. The Bertz CT molecular complexity index is 705. The van der Waals surface area contributed by atoms with Gasteiger partial charge in [0.05, 0.1) is 18.5 Å². The number of pyridine rings is 1. The van der Waals surface area contributed by atoms with Crippen molar-refractivity contribution >= 4 is 39.0 Å². The van der Waals surface area contributed by atoms with Crippen LogP contribution in [-0.2, 0) is 4.79 Å². The standard InChI is InChI=1S/C14H11BrF3N3O2/c1-23-9-3-4-10(20-12-5-2-8(15)7-19-12)11(6-9)21-13(22)14(16,17)18/h2-7H,1H3,(H,19,20)(H,21,22). The first kappa shape index (κ1) is 17.1. The van der Waals surface area contributed by atoms with E-state index in [1.54, 1.807) is 18.2 Å². The molecule has 122 valence electrons. The number of amides is 1. The summed E-state index contributed by atoms with van der Waals surface area (Å²) in [6, 6.07) is 7.65. The first-order chi connectivity index (χ1) is 10.8. The molecule has 1 aromatic carbocycles. The first-order valence-corrected chi connectivity index (χ1v) is 7.03. The third-order valence-corrected chi connectivity index (χ3v) is 3.19. The quantitative estimate of drug-likeness (QED) is 0.826. The van der Waals surface area contributed by atoms with Crippen LogP contribution in [0.1, 0.15) is 0 Å². The van der Waals surface area contributed by atoms with E-state index in [2.05, 4.69) is 26.2 Å². The largest absolute Gasteiger partial charge is 0.497 e. The van der Waals surface area contributed by atoms with Crippen molar-refractivity contribution in [2.75, 3.05) is 17.7 Å². The molecule has 0 aliphatic rings. The zero-order valence-electron chi connectivity index (χ0n) is 11.7. The molecular formula is C14H11BrF3N3O2. The van der Waals surface area contributed by atoms with Crippen molar-refractivity contribution in [2.24, 2.45) is 0 Å². The van der Waals surface area contributed by atoms with Crippen molar-refractivity contribution in [3.05, 3.63) is 41.0 Å². The number of halogens is 4. The van der Waals surface area contributed by atoms with E-state index < -0.39 is 12.1 Å². The highest BCUT2D eigenvalue weighted by molar-refractivity contribution is 9.10. The van der Waals surface area contributed by atoms with Crippen molar-refractivity contribution in [3.8, 4) is 5.75 Å². The molecule has 1 heterocycles. The Morgan fingerprint density at radius 3 is 2.52 bits per heavy atom. The molecule has 0 aliphatic carbocycles. The minimum atomic E-state index is -4.99. The van der Waals surface area contributed by atoms with Crippen LogP contribution in [0.2, 0.25) is 0 Å². The molecule has 1 aromatic heterocycles. The lowest BCUT2D eigenvalue weighted by Crippen LogP contribution is -2.30. The van der Waals surface area contributed by atoms with Gasteiger partial charge in [-0.1, -0.05) is 0 Å². The molecule has 5 nitrogen and oxygen atoms in total. The summed E-state index contributed by atoms with van der Waals surface area (Å²) < 4.78 is 43.0. The van der Waals surface area contributed by atoms with E-state index in [-0.39, 0.29) is 11.4 Å². The van der Waals surface area contributed by atoms with Gasteiger partial charge < -0.3 is 15.4 Å². The lowest BCUT2D eigenvalue weighted by Gasteiger charge is -2.15. The van der Waals surface area contributed by atoms with Gasteiger partial charge in [-0.2, -0.15) is 13.2 Å². The number of benzene rings is 1. The average molecular weight is 390 g/mol.